The van der Waals surface area contributed by atoms with Crippen LogP contribution >= 0.6 is 0 Å². The molecule has 1 fully saturated rings. The number of ether oxygens (including phenoxy) is 1. The standard InChI is InChI=1S/C15H16N2O4/c1-4-21-11-7-5-6-10(8-11)9-12-13(18)16(2)15(20)17(3)14(12)19/h5-9H,4H2,1-3H3. The van der Waals surface area contributed by atoms with E-state index in [-0.39, 0.29) is 5.57 Å². The van der Waals surface area contributed by atoms with Crippen LogP contribution in [0.5, 0.6) is 5.75 Å². The van der Waals surface area contributed by atoms with E-state index in [1.807, 2.05) is 6.92 Å². The van der Waals surface area contributed by atoms with Gasteiger partial charge in [0.25, 0.3) is 11.8 Å². The maximum atomic E-state index is 12.1. The molecular weight excluding hydrogens is 272 g/mol. The number of nitrogens with zero attached hydrogens (tertiary/aromatic N) is 2. The predicted molar refractivity (Wildman–Crippen MR) is 76.5 cm³/mol. The van der Waals surface area contributed by atoms with Gasteiger partial charge in [0.1, 0.15) is 11.3 Å². The molecule has 21 heavy (non-hydrogen) atoms. The predicted octanol–water partition coefficient (Wildman–Crippen LogP) is 1.52. The Labute approximate surface area is 122 Å². The minimum atomic E-state index is -0.634. The number of urea groups is 1. The highest BCUT2D eigenvalue weighted by Gasteiger charge is 2.37. The highest BCUT2D eigenvalue weighted by Crippen LogP contribution is 2.20. The molecule has 0 saturated carbocycles. The van der Waals surface area contributed by atoms with Crippen LogP contribution in [0.4, 0.5) is 4.79 Å². The van der Waals surface area contributed by atoms with Crippen molar-refractivity contribution in [3.63, 3.8) is 0 Å². The largest absolute Gasteiger partial charge is 0.494 e. The Hall–Kier alpha value is -2.63. The Bertz CT molecular complexity index is 610. The van der Waals surface area contributed by atoms with Crippen molar-refractivity contribution >= 4 is 23.9 Å². The smallest absolute Gasteiger partial charge is 0.333 e. The van der Waals surface area contributed by atoms with Crippen molar-refractivity contribution in [2.75, 3.05) is 20.7 Å². The van der Waals surface area contributed by atoms with Crippen LogP contribution in [0.3, 0.4) is 0 Å². The molecule has 110 valence electrons. The average Bonchev–Trinajstić information content (AvgIpc) is 2.48. The Kier molecular flexibility index (Phi) is 4.07. The summed E-state index contributed by atoms with van der Waals surface area (Å²) in [5, 5.41) is 0. The fraction of sp³-hybridized carbons (Fsp3) is 0.267. The molecule has 0 unspecified atom stereocenters. The second-order valence-corrected chi connectivity index (χ2v) is 4.57. The number of amides is 4. The lowest BCUT2D eigenvalue weighted by Gasteiger charge is -2.28. The summed E-state index contributed by atoms with van der Waals surface area (Å²) in [7, 11) is 2.69. The van der Waals surface area contributed by atoms with E-state index in [0.717, 1.165) is 9.80 Å². The first-order valence-electron chi connectivity index (χ1n) is 6.50. The fourth-order valence-electron chi connectivity index (χ4n) is 2.00. The van der Waals surface area contributed by atoms with Gasteiger partial charge in [-0.05, 0) is 30.7 Å². The zero-order valence-electron chi connectivity index (χ0n) is 12.1. The maximum Gasteiger partial charge on any atom is 0.333 e. The summed E-state index contributed by atoms with van der Waals surface area (Å²) >= 11 is 0. The van der Waals surface area contributed by atoms with Gasteiger partial charge in [-0.1, -0.05) is 12.1 Å². The first-order valence-corrected chi connectivity index (χ1v) is 6.50. The lowest BCUT2D eigenvalue weighted by Crippen LogP contribution is -2.52. The van der Waals surface area contributed by atoms with E-state index >= 15 is 0 Å². The Morgan fingerprint density at radius 1 is 1.10 bits per heavy atom. The van der Waals surface area contributed by atoms with Crippen LogP contribution in [0, 0.1) is 0 Å². The summed E-state index contributed by atoms with van der Waals surface area (Å²) in [6.07, 6.45) is 1.46. The van der Waals surface area contributed by atoms with E-state index in [0.29, 0.717) is 17.9 Å². The van der Waals surface area contributed by atoms with E-state index in [2.05, 4.69) is 0 Å². The molecule has 4 amide bonds. The van der Waals surface area contributed by atoms with Crippen LogP contribution in [0.2, 0.25) is 0 Å². The summed E-state index contributed by atoms with van der Waals surface area (Å²) in [5.74, 6) is -0.560. The Balaban J connectivity index is 2.39. The summed E-state index contributed by atoms with van der Waals surface area (Å²) in [6.45, 7) is 2.40. The molecule has 2 rings (SSSR count). The lowest BCUT2D eigenvalue weighted by atomic mass is 10.1. The number of hydrogen-bond donors (Lipinski definition) is 0. The van der Waals surface area contributed by atoms with E-state index < -0.39 is 17.8 Å². The molecular formula is C15H16N2O4. The lowest BCUT2D eigenvalue weighted by molar-refractivity contribution is -0.134. The number of rotatable bonds is 3. The van der Waals surface area contributed by atoms with Gasteiger partial charge in [-0.15, -0.1) is 0 Å². The van der Waals surface area contributed by atoms with Crippen LogP contribution in [0.15, 0.2) is 29.8 Å². The van der Waals surface area contributed by atoms with Crippen LogP contribution in [0.25, 0.3) is 6.08 Å². The molecule has 0 bridgehead atoms. The van der Waals surface area contributed by atoms with E-state index in [4.69, 9.17) is 4.74 Å². The quantitative estimate of drug-likeness (QED) is 0.624. The molecule has 0 aliphatic carbocycles. The van der Waals surface area contributed by atoms with Gasteiger partial charge in [-0.2, -0.15) is 0 Å². The van der Waals surface area contributed by atoms with Crippen LogP contribution in [-0.4, -0.2) is 48.3 Å². The van der Waals surface area contributed by atoms with Crippen LogP contribution in [0.1, 0.15) is 12.5 Å². The SMILES string of the molecule is CCOc1cccc(C=C2C(=O)N(C)C(=O)N(C)C2=O)c1. The molecule has 0 atom stereocenters. The third-order valence-corrected chi connectivity index (χ3v) is 3.12. The molecule has 0 spiro atoms. The van der Waals surface area contributed by atoms with Crippen LogP contribution in [-0.2, 0) is 9.59 Å². The van der Waals surface area contributed by atoms with Gasteiger partial charge in [-0.3, -0.25) is 19.4 Å². The average molecular weight is 288 g/mol. The minimum Gasteiger partial charge on any atom is -0.494 e. The first-order chi connectivity index (χ1) is 9.95. The topological polar surface area (TPSA) is 66.9 Å². The molecule has 0 aromatic heterocycles. The molecule has 1 aliphatic heterocycles. The fourth-order valence-corrected chi connectivity index (χ4v) is 2.00. The zero-order chi connectivity index (χ0) is 15.6. The molecule has 0 N–H and O–H groups in total. The molecule has 1 saturated heterocycles. The van der Waals surface area contributed by atoms with Crippen molar-refractivity contribution < 1.29 is 19.1 Å². The second kappa shape index (κ2) is 5.78. The maximum absolute atomic E-state index is 12.1. The number of barbiturate groups is 1. The second-order valence-electron chi connectivity index (χ2n) is 4.57. The summed E-state index contributed by atoms with van der Waals surface area (Å²) in [5.41, 5.74) is 0.613. The van der Waals surface area contributed by atoms with E-state index in [1.165, 1.54) is 20.2 Å². The molecule has 6 heteroatoms. The molecule has 6 nitrogen and oxygen atoms in total. The zero-order valence-corrected chi connectivity index (χ0v) is 12.1. The number of carbonyl (C=O) groups excluding carboxylic acids is 3. The third-order valence-electron chi connectivity index (χ3n) is 3.12. The van der Waals surface area contributed by atoms with Crippen molar-refractivity contribution in [2.24, 2.45) is 0 Å². The van der Waals surface area contributed by atoms with E-state index in [1.54, 1.807) is 24.3 Å². The Morgan fingerprint density at radius 3 is 2.29 bits per heavy atom. The third kappa shape index (κ3) is 2.79. The van der Waals surface area contributed by atoms with Gasteiger partial charge in [0.05, 0.1) is 6.61 Å². The van der Waals surface area contributed by atoms with Gasteiger partial charge < -0.3 is 4.74 Å². The summed E-state index contributed by atoms with van der Waals surface area (Å²) < 4.78 is 5.37. The molecule has 1 aromatic carbocycles. The number of benzene rings is 1. The molecule has 1 aliphatic rings. The Morgan fingerprint density at radius 2 is 1.71 bits per heavy atom. The number of hydrogen-bond acceptors (Lipinski definition) is 4. The summed E-state index contributed by atoms with van der Waals surface area (Å²) in [4.78, 5) is 37.6. The number of imide groups is 2. The first kappa shape index (κ1) is 14.8. The van der Waals surface area contributed by atoms with Crippen molar-refractivity contribution in [1.82, 2.24) is 9.80 Å². The summed E-state index contributed by atoms with van der Waals surface area (Å²) in [6, 6.07) is 6.41. The number of carbonyl (C=O) groups is 3. The van der Waals surface area contributed by atoms with Gasteiger partial charge >= 0.3 is 6.03 Å². The van der Waals surface area contributed by atoms with Crippen LogP contribution < -0.4 is 4.74 Å². The minimum absolute atomic E-state index is 0.0479. The number of likely N-dealkylation sites (N-methyl/N-ethyl adjacent to an activating group) is 2. The van der Waals surface area contributed by atoms with Gasteiger partial charge in [0, 0.05) is 14.1 Å². The highest BCUT2D eigenvalue weighted by atomic mass is 16.5. The van der Waals surface area contributed by atoms with Crippen molar-refractivity contribution in [3.05, 3.63) is 35.4 Å². The van der Waals surface area contributed by atoms with Crippen molar-refractivity contribution in [1.29, 1.82) is 0 Å². The van der Waals surface area contributed by atoms with Gasteiger partial charge in [0.2, 0.25) is 0 Å². The normalized spacial score (nSPS) is 15.6. The highest BCUT2D eigenvalue weighted by molar-refractivity contribution is 6.30. The van der Waals surface area contributed by atoms with Gasteiger partial charge in [0.15, 0.2) is 0 Å². The van der Waals surface area contributed by atoms with E-state index in [9.17, 15) is 14.4 Å². The van der Waals surface area contributed by atoms with Crippen molar-refractivity contribution in [3.8, 4) is 5.75 Å². The monoisotopic (exact) mass is 288 g/mol. The van der Waals surface area contributed by atoms with Crippen molar-refractivity contribution in [2.45, 2.75) is 6.92 Å². The molecule has 1 heterocycles. The van der Waals surface area contributed by atoms with Gasteiger partial charge in [-0.25, -0.2) is 4.79 Å². The molecule has 0 radical (unpaired) electrons. The molecule has 1 aromatic rings.